The van der Waals surface area contributed by atoms with Crippen LogP contribution < -0.4 is 10.5 Å². The molecule has 0 aliphatic heterocycles. The molecule has 0 amide bonds. The Hall–Kier alpha value is -0.910. The maximum absolute atomic E-state index is 12.2. The molecule has 0 unspecified atom stereocenters. The SMILES string of the molecule is CC(C)C1(CNS(=O)(=O)Cc2cccc(CN)c2)CC1. The molecular weight excluding hydrogens is 272 g/mol. The largest absolute Gasteiger partial charge is 0.326 e. The number of benzene rings is 1. The number of nitrogens with two attached hydrogens (primary N) is 1. The third-order valence-electron chi connectivity index (χ3n) is 4.34. The molecule has 0 saturated heterocycles. The molecule has 5 heteroatoms. The molecule has 0 aromatic heterocycles. The normalized spacial score (nSPS) is 17.4. The summed E-state index contributed by atoms with van der Waals surface area (Å²) in [5, 5.41) is 0. The van der Waals surface area contributed by atoms with Crippen molar-refractivity contribution in [3.8, 4) is 0 Å². The van der Waals surface area contributed by atoms with Gasteiger partial charge in [-0.15, -0.1) is 0 Å². The van der Waals surface area contributed by atoms with Gasteiger partial charge in [-0.1, -0.05) is 38.1 Å². The standard InChI is InChI=1S/C15H24N2O2S/c1-12(2)15(6-7-15)11-17-20(18,19)10-14-5-3-4-13(8-14)9-16/h3-5,8,12,17H,6-7,9-11,16H2,1-2H3. The van der Waals surface area contributed by atoms with Crippen LogP contribution in [0, 0.1) is 11.3 Å². The number of hydrogen-bond donors (Lipinski definition) is 2. The van der Waals surface area contributed by atoms with E-state index in [1.165, 1.54) is 0 Å². The molecule has 1 aromatic carbocycles. The minimum Gasteiger partial charge on any atom is -0.326 e. The zero-order chi connectivity index (χ0) is 14.8. The van der Waals surface area contributed by atoms with Gasteiger partial charge in [-0.3, -0.25) is 0 Å². The summed E-state index contributed by atoms with van der Waals surface area (Å²) in [5.74, 6) is 0.542. The summed E-state index contributed by atoms with van der Waals surface area (Å²) in [4.78, 5) is 0. The Morgan fingerprint density at radius 3 is 2.50 bits per heavy atom. The molecular formula is C15H24N2O2S. The lowest BCUT2D eigenvalue weighted by Gasteiger charge is -2.20. The van der Waals surface area contributed by atoms with Gasteiger partial charge in [0.2, 0.25) is 10.0 Å². The first kappa shape index (κ1) is 15.5. The zero-order valence-electron chi connectivity index (χ0n) is 12.2. The third kappa shape index (κ3) is 3.81. The number of nitrogens with one attached hydrogen (secondary N) is 1. The Labute approximate surface area is 121 Å². The van der Waals surface area contributed by atoms with E-state index in [0.29, 0.717) is 19.0 Å². The smallest absolute Gasteiger partial charge is 0.215 e. The van der Waals surface area contributed by atoms with Crippen LogP contribution in [0.2, 0.25) is 0 Å². The Morgan fingerprint density at radius 1 is 1.30 bits per heavy atom. The highest BCUT2D eigenvalue weighted by atomic mass is 32.2. The summed E-state index contributed by atoms with van der Waals surface area (Å²) >= 11 is 0. The maximum Gasteiger partial charge on any atom is 0.215 e. The van der Waals surface area contributed by atoms with Gasteiger partial charge >= 0.3 is 0 Å². The van der Waals surface area contributed by atoms with Gasteiger partial charge in [0.25, 0.3) is 0 Å². The molecule has 0 spiro atoms. The molecule has 1 fully saturated rings. The second-order valence-electron chi connectivity index (χ2n) is 6.12. The summed E-state index contributed by atoms with van der Waals surface area (Å²) in [6.07, 6.45) is 2.24. The Kier molecular flexibility index (Phi) is 4.52. The average Bonchev–Trinajstić information content (AvgIpc) is 3.17. The molecule has 1 aromatic rings. The highest BCUT2D eigenvalue weighted by molar-refractivity contribution is 7.88. The fourth-order valence-electron chi connectivity index (χ4n) is 2.49. The van der Waals surface area contributed by atoms with Gasteiger partial charge in [-0.2, -0.15) is 0 Å². The van der Waals surface area contributed by atoms with E-state index in [0.717, 1.165) is 24.0 Å². The van der Waals surface area contributed by atoms with E-state index in [-0.39, 0.29) is 11.2 Å². The summed E-state index contributed by atoms with van der Waals surface area (Å²) in [6.45, 7) is 5.30. The Morgan fingerprint density at radius 2 is 1.95 bits per heavy atom. The van der Waals surface area contributed by atoms with Gasteiger partial charge in [-0.25, -0.2) is 13.1 Å². The summed E-state index contributed by atoms with van der Waals surface area (Å²) < 4.78 is 27.1. The lowest BCUT2D eigenvalue weighted by Crippen LogP contribution is -2.33. The monoisotopic (exact) mass is 296 g/mol. The zero-order valence-corrected chi connectivity index (χ0v) is 13.0. The van der Waals surface area contributed by atoms with Crippen molar-refractivity contribution in [2.45, 2.75) is 39.0 Å². The lowest BCUT2D eigenvalue weighted by molar-refractivity contribution is 0.357. The van der Waals surface area contributed by atoms with Crippen molar-refractivity contribution in [2.24, 2.45) is 17.1 Å². The van der Waals surface area contributed by atoms with Crippen LogP contribution in [-0.4, -0.2) is 15.0 Å². The highest BCUT2D eigenvalue weighted by Gasteiger charge is 2.45. The van der Waals surface area contributed by atoms with E-state index in [2.05, 4.69) is 18.6 Å². The van der Waals surface area contributed by atoms with Gasteiger partial charge in [0.15, 0.2) is 0 Å². The maximum atomic E-state index is 12.2. The van der Waals surface area contributed by atoms with E-state index in [1.807, 2.05) is 24.3 Å². The van der Waals surface area contributed by atoms with Gasteiger partial charge in [0, 0.05) is 13.1 Å². The number of sulfonamides is 1. The topological polar surface area (TPSA) is 72.2 Å². The van der Waals surface area contributed by atoms with Crippen molar-refractivity contribution in [1.29, 1.82) is 0 Å². The van der Waals surface area contributed by atoms with E-state index in [9.17, 15) is 8.42 Å². The van der Waals surface area contributed by atoms with Crippen molar-refractivity contribution in [2.75, 3.05) is 6.54 Å². The van der Waals surface area contributed by atoms with E-state index < -0.39 is 10.0 Å². The van der Waals surface area contributed by atoms with Crippen molar-refractivity contribution >= 4 is 10.0 Å². The molecule has 1 aliphatic carbocycles. The van der Waals surface area contributed by atoms with Gasteiger partial charge < -0.3 is 5.73 Å². The molecule has 20 heavy (non-hydrogen) atoms. The average molecular weight is 296 g/mol. The predicted octanol–water partition coefficient (Wildman–Crippen LogP) is 2.00. The quantitative estimate of drug-likeness (QED) is 0.808. The first-order valence-corrected chi connectivity index (χ1v) is 8.77. The molecule has 0 heterocycles. The predicted molar refractivity (Wildman–Crippen MR) is 81.5 cm³/mol. The molecule has 1 aliphatic rings. The molecule has 0 radical (unpaired) electrons. The van der Waals surface area contributed by atoms with Gasteiger partial charge in [0.1, 0.15) is 0 Å². The number of rotatable bonds is 7. The van der Waals surface area contributed by atoms with Crippen LogP contribution in [0.5, 0.6) is 0 Å². The summed E-state index contributed by atoms with van der Waals surface area (Å²) in [6, 6.07) is 7.44. The minimum absolute atomic E-state index is 0.0228. The van der Waals surface area contributed by atoms with Crippen molar-refractivity contribution < 1.29 is 8.42 Å². The van der Waals surface area contributed by atoms with E-state index in [4.69, 9.17) is 5.73 Å². The first-order chi connectivity index (χ1) is 9.37. The summed E-state index contributed by atoms with van der Waals surface area (Å²) in [5.41, 5.74) is 7.51. The Balaban J connectivity index is 1.97. The van der Waals surface area contributed by atoms with E-state index >= 15 is 0 Å². The van der Waals surface area contributed by atoms with Crippen molar-refractivity contribution in [3.05, 3.63) is 35.4 Å². The van der Waals surface area contributed by atoms with Crippen LogP contribution in [0.4, 0.5) is 0 Å². The molecule has 112 valence electrons. The fraction of sp³-hybridized carbons (Fsp3) is 0.600. The van der Waals surface area contributed by atoms with Crippen LogP contribution in [0.1, 0.15) is 37.8 Å². The minimum atomic E-state index is -3.28. The number of hydrogen-bond acceptors (Lipinski definition) is 3. The van der Waals surface area contributed by atoms with E-state index in [1.54, 1.807) is 0 Å². The molecule has 0 atom stereocenters. The first-order valence-electron chi connectivity index (χ1n) is 7.12. The molecule has 3 N–H and O–H groups in total. The second-order valence-corrected chi connectivity index (χ2v) is 7.93. The summed E-state index contributed by atoms with van der Waals surface area (Å²) in [7, 11) is -3.28. The molecule has 0 bridgehead atoms. The van der Waals surface area contributed by atoms with Crippen LogP contribution in [0.15, 0.2) is 24.3 Å². The lowest BCUT2D eigenvalue weighted by atomic mass is 9.93. The Bertz CT molecular complexity index is 563. The van der Waals surface area contributed by atoms with Crippen LogP contribution in [-0.2, 0) is 22.3 Å². The fourth-order valence-corrected chi connectivity index (χ4v) is 3.72. The van der Waals surface area contributed by atoms with Gasteiger partial charge in [-0.05, 0) is 35.3 Å². The van der Waals surface area contributed by atoms with Crippen molar-refractivity contribution in [3.63, 3.8) is 0 Å². The van der Waals surface area contributed by atoms with Crippen LogP contribution in [0.3, 0.4) is 0 Å². The van der Waals surface area contributed by atoms with Crippen LogP contribution in [0.25, 0.3) is 0 Å². The molecule has 1 saturated carbocycles. The molecule has 2 rings (SSSR count). The van der Waals surface area contributed by atoms with Crippen molar-refractivity contribution in [1.82, 2.24) is 4.72 Å². The second kappa shape index (κ2) is 5.84. The highest BCUT2D eigenvalue weighted by Crippen LogP contribution is 2.51. The van der Waals surface area contributed by atoms with Gasteiger partial charge in [0.05, 0.1) is 5.75 Å². The third-order valence-corrected chi connectivity index (χ3v) is 5.64. The van der Waals surface area contributed by atoms with Crippen LogP contribution >= 0.6 is 0 Å². The molecule has 4 nitrogen and oxygen atoms in total.